The second-order valence-electron chi connectivity index (χ2n) is 5.02. The lowest BCUT2D eigenvalue weighted by atomic mass is 10.2. The van der Waals surface area contributed by atoms with E-state index >= 15 is 0 Å². The number of anilines is 1. The average Bonchev–Trinajstić information content (AvgIpc) is 2.99. The van der Waals surface area contributed by atoms with Crippen molar-refractivity contribution in [2.45, 2.75) is 0 Å². The number of hydrogen-bond acceptors (Lipinski definition) is 3. The van der Waals surface area contributed by atoms with Gasteiger partial charge in [0, 0.05) is 15.9 Å². The number of halogens is 2. The Morgan fingerprint density at radius 2 is 1.88 bits per heavy atom. The first-order valence-corrected chi connectivity index (χ1v) is 7.78. The third-order valence-electron chi connectivity index (χ3n) is 3.29. The molecule has 5 nitrogen and oxygen atoms in total. The Morgan fingerprint density at radius 1 is 1.08 bits per heavy atom. The van der Waals surface area contributed by atoms with E-state index in [9.17, 15) is 9.59 Å². The lowest BCUT2D eigenvalue weighted by Gasteiger charge is -2.07. The van der Waals surface area contributed by atoms with Crippen LogP contribution in [0, 0.1) is 0 Å². The Kier molecular flexibility index (Phi) is 4.74. The number of aromatic amines is 1. The normalized spacial score (nSPS) is 10.6. The standard InChI is InChI=1S/C17H12Cl2N2O3/c18-11-5-6-14(12(19)8-11)21-16(22)9-24-17(23)15-7-10-3-1-2-4-13(10)20-15/h1-8,20H,9H2,(H,21,22). The predicted octanol–water partition coefficient (Wildman–Crippen LogP) is 4.27. The molecular formula is C17H12Cl2N2O3. The van der Waals surface area contributed by atoms with Gasteiger partial charge in [0.1, 0.15) is 5.69 Å². The topological polar surface area (TPSA) is 71.2 Å². The summed E-state index contributed by atoms with van der Waals surface area (Å²) >= 11 is 11.8. The summed E-state index contributed by atoms with van der Waals surface area (Å²) in [5, 5.41) is 4.21. The van der Waals surface area contributed by atoms with Gasteiger partial charge in [-0.25, -0.2) is 4.79 Å². The molecule has 3 rings (SSSR count). The van der Waals surface area contributed by atoms with E-state index < -0.39 is 18.5 Å². The number of fused-ring (bicyclic) bond motifs is 1. The van der Waals surface area contributed by atoms with Crippen LogP contribution in [0.4, 0.5) is 5.69 Å². The van der Waals surface area contributed by atoms with Crippen LogP contribution in [0.2, 0.25) is 10.0 Å². The summed E-state index contributed by atoms with van der Waals surface area (Å²) in [4.78, 5) is 26.8. The smallest absolute Gasteiger partial charge is 0.355 e. The lowest BCUT2D eigenvalue weighted by Crippen LogP contribution is -2.21. The number of para-hydroxylation sites is 1. The fourth-order valence-electron chi connectivity index (χ4n) is 2.17. The Balaban J connectivity index is 1.60. The number of hydrogen-bond donors (Lipinski definition) is 2. The van der Waals surface area contributed by atoms with Gasteiger partial charge in [-0.15, -0.1) is 0 Å². The highest BCUT2D eigenvalue weighted by molar-refractivity contribution is 6.36. The number of ether oxygens (including phenoxy) is 1. The second-order valence-corrected chi connectivity index (χ2v) is 5.86. The highest BCUT2D eigenvalue weighted by Crippen LogP contribution is 2.25. The first kappa shape index (κ1) is 16.4. The van der Waals surface area contributed by atoms with E-state index in [2.05, 4.69) is 10.3 Å². The van der Waals surface area contributed by atoms with Crippen molar-refractivity contribution in [3.05, 3.63) is 64.3 Å². The van der Waals surface area contributed by atoms with Crippen molar-refractivity contribution in [2.24, 2.45) is 0 Å². The van der Waals surface area contributed by atoms with Crippen molar-refractivity contribution in [1.82, 2.24) is 4.98 Å². The number of nitrogens with one attached hydrogen (secondary N) is 2. The zero-order valence-corrected chi connectivity index (χ0v) is 13.8. The van der Waals surface area contributed by atoms with Crippen LogP contribution in [-0.2, 0) is 9.53 Å². The molecule has 0 aliphatic carbocycles. The molecule has 122 valence electrons. The number of benzene rings is 2. The molecule has 24 heavy (non-hydrogen) atoms. The Labute approximate surface area is 147 Å². The number of rotatable bonds is 4. The van der Waals surface area contributed by atoms with Gasteiger partial charge in [-0.3, -0.25) is 4.79 Å². The summed E-state index contributed by atoms with van der Waals surface area (Å²) in [6.07, 6.45) is 0. The van der Waals surface area contributed by atoms with Crippen molar-refractivity contribution < 1.29 is 14.3 Å². The Hall–Kier alpha value is -2.50. The fourth-order valence-corrected chi connectivity index (χ4v) is 2.63. The zero-order valence-electron chi connectivity index (χ0n) is 12.3. The van der Waals surface area contributed by atoms with Gasteiger partial charge in [0.2, 0.25) is 0 Å². The molecule has 3 aromatic rings. The zero-order chi connectivity index (χ0) is 17.1. The molecule has 1 amide bonds. The van der Waals surface area contributed by atoms with Crippen molar-refractivity contribution in [3.8, 4) is 0 Å². The molecule has 0 atom stereocenters. The van der Waals surface area contributed by atoms with Crippen molar-refractivity contribution in [1.29, 1.82) is 0 Å². The molecule has 0 saturated heterocycles. The first-order chi connectivity index (χ1) is 11.5. The largest absolute Gasteiger partial charge is 0.451 e. The van der Waals surface area contributed by atoms with Crippen LogP contribution in [0.1, 0.15) is 10.5 Å². The maximum atomic E-state index is 12.0. The Bertz CT molecular complexity index is 888. The molecule has 0 fully saturated rings. The van der Waals surface area contributed by atoms with Gasteiger partial charge < -0.3 is 15.0 Å². The highest BCUT2D eigenvalue weighted by Gasteiger charge is 2.13. The van der Waals surface area contributed by atoms with Gasteiger partial charge in [0.05, 0.1) is 10.7 Å². The molecular weight excluding hydrogens is 351 g/mol. The number of carbonyl (C=O) groups excluding carboxylic acids is 2. The summed E-state index contributed by atoms with van der Waals surface area (Å²) in [6.45, 7) is -0.423. The van der Waals surface area contributed by atoms with Gasteiger partial charge in [-0.05, 0) is 30.3 Å². The van der Waals surface area contributed by atoms with Crippen LogP contribution in [0.25, 0.3) is 10.9 Å². The van der Waals surface area contributed by atoms with Crippen LogP contribution < -0.4 is 5.32 Å². The molecule has 1 heterocycles. The number of carbonyl (C=O) groups is 2. The van der Waals surface area contributed by atoms with Gasteiger partial charge in [0.15, 0.2) is 6.61 Å². The molecule has 0 unspecified atom stereocenters. The van der Waals surface area contributed by atoms with Crippen molar-refractivity contribution in [3.63, 3.8) is 0 Å². The van der Waals surface area contributed by atoms with E-state index in [1.807, 2.05) is 24.3 Å². The van der Waals surface area contributed by atoms with Crippen LogP contribution in [0.15, 0.2) is 48.5 Å². The summed E-state index contributed by atoms with van der Waals surface area (Å²) in [7, 11) is 0. The number of amides is 1. The Morgan fingerprint density at radius 3 is 2.62 bits per heavy atom. The van der Waals surface area contributed by atoms with Crippen LogP contribution in [0.5, 0.6) is 0 Å². The van der Waals surface area contributed by atoms with E-state index in [0.29, 0.717) is 15.7 Å². The van der Waals surface area contributed by atoms with Gasteiger partial charge in [0.25, 0.3) is 5.91 Å². The maximum absolute atomic E-state index is 12.0. The molecule has 0 aliphatic heterocycles. The summed E-state index contributed by atoms with van der Waals surface area (Å²) in [5.41, 5.74) is 1.50. The average molecular weight is 363 g/mol. The summed E-state index contributed by atoms with van der Waals surface area (Å²) in [6, 6.07) is 13.8. The molecule has 1 aromatic heterocycles. The third-order valence-corrected chi connectivity index (χ3v) is 3.84. The molecule has 0 radical (unpaired) electrons. The minimum absolute atomic E-state index is 0.286. The van der Waals surface area contributed by atoms with E-state index in [-0.39, 0.29) is 5.69 Å². The van der Waals surface area contributed by atoms with Gasteiger partial charge in [-0.2, -0.15) is 0 Å². The minimum Gasteiger partial charge on any atom is -0.451 e. The van der Waals surface area contributed by atoms with E-state index in [0.717, 1.165) is 10.9 Å². The first-order valence-electron chi connectivity index (χ1n) is 7.03. The van der Waals surface area contributed by atoms with Crippen molar-refractivity contribution in [2.75, 3.05) is 11.9 Å². The van der Waals surface area contributed by atoms with Crippen molar-refractivity contribution >= 4 is 51.7 Å². The molecule has 0 spiro atoms. The van der Waals surface area contributed by atoms with Gasteiger partial charge in [-0.1, -0.05) is 41.4 Å². The van der Waals surface area contributed by atoms with Gasteiger partial charge >= 0.3 is 5.97 Å². The molecule has 2 N–H and O–H groups in total. The quantitative estimate of drug-likeness (QED) is 0.680. The SMILES string of the molecule is O=C(COC(=O)c1cc2ccccc2[nH]1)Nc1ccc(Cl)cc1Cl. The summed E-state index contributed by atoms with van der Waals surface area (Å²) in [5.74, 6) is -1.10. The molecule has 0 aliphatic rings. The highest BCUT2D eigenvalue weighted by atomic mass is 35.5. The molecule has 2 aromatic carbocycles. The number of aromatic nitrogens is 1. The maximum Gasteiger partial charge on any atom is 0.355 e. The minimum atomic E-state index is -0.608. The molecule has 7 heteroatoms. The monoisotopic (exact) mass is 362 g/mol. The van der Waals surface area contributed by atoms with Crippen LogP contribution >= 0.6 is 23.2 Å². The van der Waals surface area contributed by atoms with E-state index in [4.69, 9.17) is 27.9 Å². The molecule has 0 saturated carbocycles. The summed E-state index contributed by atoms with van der Waals surface area (Å²) < 4.78 is 5.00. The lowest BCUT2D eigenvalue weighted by molar-refractivity contribution is -0.119. The second kappa shape index (κ2) is 6.95. The number of H-pyrrole nitrogens is 1. The molecule has 0 bridgehead atoms. The van der Waals surface area contributed by atoms with Crippen LogP contribution in [-0.4, -0.2) is 23.5 Å². The predicted molar refractivity (Wildman–Crippen MR) is 93.7 cm³/mol. The van der Waals surface area contributed by atoms with E-state index in [1.165, 1.54) is 6.07 Å². The third kappa shape index (κ3) is 3.69. The number of esters is 1. The fraction of sp³-hybridized carbons (Fsp3) is 0.0588. The van der Waals surface area contributed by atoms with Crippen LogP contribution in [0.3, 0.4) is 0 Å². The van der Waals surface area contributed by atoms with E-state index in [1.54, 1.807) is 18.2 Å².